The number of furan rings is 1. The second-order valence-electron chi connectivity index (χ2n) is 7.56. The van der Waals surface area contributed by atoms with Crippen LogP contribution in [-0.2, 0) is 16.0 Å². The van der Waals surface area contributed by atoms with Crippen molar-refractivity contribution < 1.29 is 18.7 Å². The maximum atomic E-state index is 13.3. The van der Waals surface area contributed by atoms with Crippen LogP contribution in [0.5, 0.6) is 0 Å². The Morgan fingerprint density at radius 3 is 2.60 bits per heavy atom. The molecule has 2 aromatic carbocycles. The lowest BCUT2D eigenvalue weighted by Crippen LogP contribution is -2.41. The maximum Gasteiger partial charge on any atom is 0.328 e. The molecule has 0 N–H and O–H groups in total. The molecule has 30 heavy (non-hydrogen) atoms. The molecule has 0 unspecified atom stereocenters. The van der Waals surface area contributed by atoms with Gasteiger partial charge >= 0.3 is 5.97 Å². The highest BCUT2D eigenvalue weighted by Crippen LogP contribution is 2.33. The number of rotatable bonds is 5. The van der Waals surface area contributed by atoms with Gasteiger partial charge in [-0.15, -0.1) is 0 Å². The van der Waals surface area contributed by atoms with Crippen molar-refractivity contribution in [1.82, 2.24) is 4.90 Å². The average molecular weight is 426 g/mol. The van der Waals surface area contributed by atoms with Crippen LogP contribution in [0.3, 0.4) is 0 Å². The minimum atomic E-state index is -0.546. The first kappa shape index (κ1) is 20.5. The molecule has 0 radical (unpaired) electrons. The lowest BCUT2D eigenvalue weighted by Gasteiger charge is -2.22. The Labute approximate surface area is 180 Å². The van der Waals surface area contributed by atoms with Gasteiger partial charge < -0.3 is 14.1 Å². The van der Waals surface area contributed by atoms with E-state index in [2.05, 4.69) is 6.92 Å². The van der Waals surface area contributed by atoms with E-state index >= 15 is 0 Å². The van der Waals surface area contributed by atoms with Crippen molar-refractivity contribution in [2.24, 2.45) is 0 Å². The van der Waals surface area contributed by atoms with Crippen LogP contribution in [0, 0.1) is 0 Å². The summed E-state index contributed by atoms with van der Waals surface area (Å²) in [4.78, 5) is 27.0. The summed E-state index contributed by atoms with van der Waals surface area (Å²) in [5.74, 6) is -0.287. The lowest BCUT2D eigenvalue weighted by atomic mass is 10.0. The molecule has 0 spiro atoms. The van der Waals surface area contributed by atoms with Crippen molar-refractivity contribution >= 4 is 34.4 Å². The molecule has 4 rings (SSSR count). The fourth-order valence-electron chi connectivity index (χ4n) is 4.16. The number of halogens is 1. The first-order valence-electron chi connectivity index (χ1n) is 10.2. The molecule has 1 atom stereocenters. The summed E-state index contributed by atoms with van der Waals surface area (Å²) in [5.41, 5.74) is 3.58. The molecular formula is C24H24ClNO4. The number of amides is 1. The number of benzene rings is 2. The first-order chi connectivity index (χ1) is 14.5. The predicted molar refractivity (Wildman–Crippen MR) is 117 cm³/mol. The van der Waals surface area contributed by atoms with Crippen LogP contribution in [0.15, 0.2) is 46.9 Å². The number of likely N-dealkylation sites (tertiary alicyclic amines) is 1. The van der Waals surface area contributed by atoms with Crippen molar-refractivity contribution in [2.45, 2.75) is 38.6 Å². The molecule has 5 nitrogen and oxygen atoms in total. The van der Waals surface area contributed by atoms with Gasteiger partial charge in [-0.1, -0.05) is 49.2 Å². The normalized spacial score (nSPS) is 16.2. The summed E-state index contributed by atoms with van der Waals surface area (Å²) >= 11 is 6.00. The van der Waals surface area contributed by atoms with Gasteiger partial charge in [0.05, 0.1) is 7.11 Å². The third-order valence-electron chi connectivity index (χ3n) is 5.65. The second kappa shape index (κ2) is 8.52. The molecule has 3 aromatic rings. The van der Waals surface area contributed by atoms with Gasteiger partial charge in [0.25, 0.3) is 5.91 Å². The molecule has 1 aliphatic rings. The number of esters is 1. The largest absolute Gasteiger partial charge is 0.467 e. The van der Waals surface area contributed by atoms with Crippen LogP contribution in [0.1, 0.15) is 42.3 Å². The molecule has 2 heterocycles. The third-order valence-corrected chi connectivity index (χ3v) is 5.90. The Bertz CT molecular complexity index is 1090. The van der Waals surface area contributed by atoms with Gasteiger partial charge in [0.15, 0.2) is 5.76 Å². The maximum absolute atomic E-state index is 13.3. The summed E-state index contributed by atoms with van der Waals surface area (Å²) in [7, 11) is 1.35. The first-order valence-corrected chi connectivity index (χ1v) is 10.6. The SMILES string of the molecule is CCCc1c(C(=O)N2CCC[C@H]2C(=O)OC)oc2cc(-c3ccc(Cl)cc3)ccc12. The molecule has 1 fully saturated rings. The number of ether oxygens (including phenoxy) is 1. The minimum Gasteiger partial charge on any atom is -0.467 e. The zero-order chi connectivity index (χ0) is 21.3. The number of fused-ring (bicyclic) bond motifs is 1. The van der Waals surface area contributed by atoms with Crippen molar-refractivity contribution in [3.05, 3.63) is 58.8 Å². The number of carbonyl (C=O) groups is 2. The summed E-state index contributed by atoms with van der Waals surface area (Å²) < 4.78 is 11.0. The molecule has 156 valence electrons. The van der Waals surface area contributed by atoms with Crippen LogP contribution in [0.2, 0.25) is 5.02 Å². The van der Waals surface area contributed by atoms with E-state index in [-0.39, 0.29) is 11.9 Å². The van der Waals surface area contributed by atoms with E-state index in [0.29, 0.717) is 29.3 Å². The molecule has 1 aliphatic heterocycles. The molecular weight excluding hydrogens is 402 g/mol. The number of aryl methyl sites for hydroxylation is 1. The quantitative estimate of drug-likeness (QED) is 0.507. The Morgan fingerprint density at radius 2 is 1.90 bits per heavy atom. The number of hydrogen-bond acceptors (Lipinski definition) is 4. The Balaban J connectivity index is 1.75. The number of carbonyl (C=O) groups excluding carboxylic acids is 2. The zero-order valence-corrected chi connectivity index (χ0v) is 17.9. The lowest BCUT2D eigenvalue weighted by molar-refractivity contribution is -0.145. The molecule has 1 aromatic heterocycles. The molecule has 0 aliphatic carbocycles. The van der Waals surface area contributed by atoms with Crippen LogP contribution in [0.4, 0.5) is 0 Å². The van der Waals surface area contributed by atoms with Crippen molar-refractivity contribution in [2.75, 3.05) is 13.7 Å². The van der Waals surface area contributed by atoms with Crippen molar-refractivity contribution in [3.63, 3.8) is 0 Å². The smallest absolute Gasteiger partial charge is 0.328 e. The van der Waals surface area contributed by atoms with Crippen LogP contribution in [-0.4, -0.2) is 36.5 Å². The Morgan fingerprint density at radius 1 is 1.17 bits per heavy atom. The summed E-state index contributed by atoms with van der Waals surface area (Å²) in [5, 5.41) is 1.62. The zero-order valence-electron chi connectivity index (χ0n) is 17.1. The molecule has 1 amide bonds. The van der Waals surface area contributed by atoms with Gasteiger partial charge in [-0.3, -0.25) is 4.79 Å². The minimum absolute atomic E-state index is 0.240. The summed E-state index contributed by atoms with van der Waals surface area (Å²) in [6.07, 6.45) is 3.00. The highest BCUT2D eigenvalue weighted by Gasteiger charge is 2.37. The highest BCUT2D eigenvalue weighted by atomic mass is 35.5. The van der Waals surface area contributed by atoms with Gasteiger partial charge in [0.1, 0.15) is 11.6 Å². The Kier molecular flexibility index (Phi) is 5.82. The topological polar surface area (TPSA) is 59.8 Å². The highest BCUT2D eigenvalue weighted by molar-refractivity contribution is 6.30. The summed E-state index contributed by atoms with van der Waals surface area (Å²) in [6, 6.07) is 13.1. The average Bonchev–Trinajstić information content (AvgIpc) is 3.38. The summed E-state index contributed by atoms with van der Waals surface area (Å²) in [6.45, 7) is 2.60. The number of hydrogen-bond donors (Lipinski definition) is 0. The monoisotopic (exact) mass is 425 g/mol. The molecule has 0 bridgehead atoms. The van der Waals surface area contributed by atoms with E-state index < -0.39 is 6.04 Å². The second-order valence-corrected chi connectivity index (χ2v) is 7.99. The number of nitrogens with zero attached hydrogens (tertiary/aromatic N) is 1. The van der Waals surface area contributed by atoms with Crippen LogP contribution < -0.4 is 0 Å². The van der Waals surface area contributed by atoms with E-state index in [0.717, 1.165) is 41.3 Å². The van der Waals surface area contributed by atoms with Gasteiger partial charge in [0.2, 0.25) is 0 Å². The van der Waals surface area contributed by atoms with Gasteiger partial charge in [0, 0.05) is 22.5 Å². The van der Waals surface area contributed by atoms with E-state index in [1.807, 2.05) is 42.5 Å². The third kappa shape index (κ3) is 3.70. The molecule has 1 saturated heterocycles. The van der Waals surface area contributed by atoms with Gasteiger partial charge in [-0.2, -0.15) is 0 Å². The predicted octanol–water partition coefficient (Wildman–Crippen LogP) is 5.48. The van der Waals surface area contributed by atoms with Crippen molar-refractivity contribution in [3.8, 4) is 11.1 Å². The fraction of sp³-hybridized carbons (Fsp3) is 0.333. The van der Waals surface area contributed by atoms with Gasteiger partial charge in [-0.25, -0.2) is 4.79 Å². The van der Waals surface area contributed by atoms with Crippen LogP contribution in [0.25, 0.3) is 22.1 Å². The molecule has 6 heteroatoms. The fourth-order valence-corrected chi connectivity index (χ4v) is 4.29. The van der Waals surface area contributed by atoms with Crippen LogP contribution >= 0.6 is 11.6 Å². The Hall–Kier alpha value is -2.79. The van der Waals surface area contributed by atoms with E-state index in [9.17, 15) is 9.59 Å². The van der Waals surface area contributed by atoms with E-state index in [1.165, 1.54) is 7.11 Å². The van der Waals surface area contributed by atoms with Gasteiger partial charge in [-0.05, 0) is 48.6 Å². The molecule has 0 saturated carbocycles. The number of methoxy groups -OCH3 is 1. The van der Waals surface area contributed by atoms with Crippen molar-refractivity contribution in [1.29, 1.82) is 0 Å². The standard InChI is InChI=1S/C24H24ClNO4/c1-3-5-19-18-12-9-16(15-7-10-17(25)11-8-15)14-21(18)30-22(19)23(27)26-13-4-6-20(26)24(28)29-2/h7-12,14,20H,3-6,13H2,1-2H3/t20-/m0/s1. The van der Waals surface area contributed by atoms with E-state index in [1.54, 1.807) is 4.90 Å². The van der Waals surface area contributed by atoms with E-state index in [4.69, 9.17) is 20.8 Å².